The van der Waals surface area contributed by atoms with E-state index in [-0.39, 0.29) is 17.7 Å². The minimum atomic E-state index is -0.416. The molecule has 0 radical (unpaired) electrons. The summed E-state index contributed by atoms with van der Waals surface area (Å²) in [6, 6.07) is 17.2. The maximum absolute atomic E-state index is 12.7. The molecular weight excluding hydrogens is 438 g/mol. The van der Waals surface area contributed by atoms with Gasteiger partial charge in [-0.15, -0.1) is 0 Å². The summed E-state index contributed by atoms with van der Waals surface area (Å²) in [5.74, 6) is 0.235. The van der Waals surface area contributed by atoms with Gasteiger partial charge in [-0.1, -0.05) is 35.9 Å². The lowest BCUT2D eigenvalue weighted by Gasteiger charge is -2.12. The lowest BCUT2D eigenvalue weighted by atomic mass is 10.1. The molecule has 1 fully saturated rings. The Labute approximate surface area is 187 Å². The lowest BCUT2D eigenvalue weighted by molar-refractivity contribution is -0.123. The molecule has 156 valence electrons. The van der Waals surface area contributed by atoms with Crippen LogP contribution in [0.1, 0.15) is 21.7 Å². The number of methoxy groups -OCH3 is 1. The van der Waals surface area contributed by atoms with Gasteiger partial charge in [0.05, 0.1) is 24.1 Å². The van der Waals surface area contributed by atoms with Crippen molar-refractivity contribution in [2.45, 2.75) is 6.54 Å². The molecule has 0 saturated carbocycles. The molecular formula is C23H16ClNO5S. The average Bonchev–Trinajstić information content (AvgIpc) is 3.35. The SMILES string of the molecule is COC(=O)c1ccc(-c2ccc(/C=C3/SC(=O)N(Cc4ccc(Cl)cc4)C3=O)o2)cc1. The van der Waals surface area contributed by atoms with Gasteiger partial charge in [-0.05, 0) is 53.7 Å². The predicted molar refractivity (Wildman–Crippen MR) is 118 cm³/mol. The van der Waals surface area contributed by atoms with Gasteiger partial charge >= 0.3 is 5.97 Å². The highest BCUT2D eigenvalue weighted by molar-refractivity contribution is 8.18. The molecule has 0 unspecified atom stereocenters. The first-order chi connectivity index (χ1) is 14.9. The molecule has 1 saturated heterocycles. The first-order valence-electron chi connectivity index (χ1n) is 9.23. The van der Waals surface area contributed by atoms with Gasteiger partial charge in [0.2, 0.25) is 0 Å². The molecule has 2 heterocycles. The molecule has 6 nitrogen and oxygen atoms in total. The third kappa shape index (κ3) is 4.57. The zero-order valence-electron chi connectivity index (χ0n) is 16.3. The van der Waals surface area contributed by atoms with Gasteiger partial charge in [0.15, 0.2) is 0 Å². The molecule has 2 aromatic carbocycles. The summed E-state index contributed by atoms with van der Waals surface area (Å²) < 4.78 is 10.5. The topological polar surface area (TPSA) is 76.8 Å². The Morgan fingerprint density at radius 1 is 1.06 bits per heavy atom. The Morgan fingerprint density at radius 2 is 1.77 bits per heavy atom. The molecule has 8 heteroatoms. The number of furan rings is 1. The number of carbonyl (C=O) groups excluding carboxylic acids is 3. The number of ether oxygens (including phenoxy) is 1. The van der Waals surface area contributed by atoms with E-state index in [1.165, 1.54) is 12.0 Å². The largest absolute Gasteiger partial charge is 0.465 e. The smallest absolute Gasteiger partial charge is 0.337 e. The van der Waals surface area contributed by atoms with Crippen LogP contribution in [0.5, 0.6) is 0 Å². The van der Waals surface area contributed by atoms with Gasteiger partial charge in [0.1, 0.15) is 11.5 Å². The number of amides is 2. The summed E-state index contributed by atoms with van der Waals surface area (Å²) in [6.07, 6.45) is 1.55. The summed E-state index contributed by atoms with van der Waals surface area (Å²) in [5.41, 5.74) is 2.01. The van der Waals surface area contributed by atoms with Crippen molar-refractivity contribution >= 4 is 46.6 Å². The van der Waals surface area contributed by atoms with Gasteiger partial charge in [0.25, 0.3) is 11.1 Å². The second-order valence-electron chi connectivity index (χ2n) is 6.67. The van der Waals surface area contributed by atoms with Crippen LogP contribution < -0.4 is 0 Å². The number of carbonyl (C=O) groups is 3. The summed E-state index contributed by atoms with van der Waals surface area (Å²) in [6.45, 7) is 0.176. The molecule has 2 amide bonds. The van der Waals surface area contributed by atoms with Crippen molar-refractivity contribution in [1.82, 2.24) is 4.90 Å². The van der Waals surface area contributed by atoms with Crippen LogP contribution in [-0.4, -0.2) is 29.1 Å². The van der Waals surface area contributed by atoms with Crippen LogP contribution in [-0.2, 0) is 16.1 Å². The first kappa shape index (κ1) is 21.0. The number of hydrogen-bond acceptors (Lipinski definition) is 6. The van der Waals surface area contributed by atoms with E-state index in [1.807, 2.05) is 0 Å². The van der Waals surface area contributed by atoms with Crippen LogP contribution in [0.3, 0.4) is 0 Å². The molecule has 0 aliphatic carbocycles. The monoisotopic (exact) mass is 453 g/mol. The first-order valence-corrected chi connectivity index (χ1v) is 10.4. The highest BCUT2D eigenvalue weighted by atomic mass is 35.5. The molecule has 0 bridgehead atoms. The molecule has 3 aromatic rings. The van der Waals surface area contributed by atoms with Gasteiger partial charge in [0, 0.05) is 16.7 Å². The predicted octanol–water partition coefficient (Wildman–Crippen LogP) is 5.62. The van der Waals surface area contributed by atoms with Crippen molar-refractivity contribution in [2.75, 3.05) is 7.11 Å². The Morgan fingerprint density at radius 3 is 2.45 bits per heavy atom. The molecule has 1 aliphatic rings. The minimum absolute atomic E-state index is 0.176. The summed E-state index contributed by atoms with van der Waals surface area (Å²) >= 11 is 6.75. The van der Waals surface area contributed by atoms with Crippen LogP contribution in [0.2, 0.25) is 5.02 Å². The number of thioether (sulfide) groups is 1. The van der Waals surface area contributed by atoms with Gasteiger partial charge < -0.3 is 9.15 Å². The van der Waals surface area contributed by atoms with Crippen molar-refractivity contribution in [1.29, 1.82) is 0 Å². The van der Waals surface area contributed by atoms with Crippen molar-refractivity contribution in [3.8, 4) is 11.3 Å². The van der Waals surface area contributed by atoms with E-state index in [0.717, 1.165) is 22.9 Å². The van der Waals surface area contributed by atoms with Gasteiger partial charge in [-0.3, -0.25) is 14.5 Å². The summed E-state index contributed by atoms with van der Waals surface area (Å²) in [5, 5.41) is 0.253. The fourth-order valence-corrected chi connectivity index (χ4v) is 3.96. The van der Waals surface area contributed by atoms with E-state index in [2.05, 4.69) is 4.74 Å². The van der Waals surface area contributed by atoms with Crippen LogP contribution in [0, 0.1) is 0 Å². The van der Waals surface area contributed by atoms with E-state index in [4.69, 9.17) is 16.0 Å². The number of halogens is 1. The highest BCUT2D eigenvalue weighted by Gasteiger charge is 2.35. The fraction of sp³-hybridized carbons (Fsp3) is 0.0870. The van der Waals surface area contributed by atoms with Crippen LogP contribution in [0.4, 0.5) is 4.79 Å². The summed E-state index contributed by atoms with van der Waals surface area (Å²) in [4.78, 5) is 38.1. The van der Waals surface area contributed by atoms with Crippen molar-refractivity contribution in [3.05, 3.63) is 87.5 Å². The van der Waals surface area contributed by atoms with E-state index in [0.29, 0.717) is 27.0 Å². The number of rotatable bonds is 5. The standard InChI is InChI=1S/C23H16ClNO5S/c1-29-22(27)16-6-4-15(5-7-16)19-11-10-18(30-19)12-20-21(26)25(23(28)31-20)13-14-2-8-17(24)9-3-14/h2-12H,13H2,1H3/b20-12+. The lowest BCUT2D eigenvalue weighted by Crippen LogP contribution is -2.27. The number of nitrogens with zero attached hydrogens (tertiary/aromatic N) is 1. The van der Waals surface area contributed by atoms with Crippen molar-refractivity contribution in [2.24, 2.45) is 0 Å². The molecule has 0 N–H and O–H groups in total. The minimum Gasteiger partial charge on any atom is -0.465 e. The Kier molecular flexibility index (Phi) is 5.97. The fourth-order valence-electron chi connectivity index (χ4n) is 3.01. The van der Waals surface area contributed by atoms with E-state index >= 15 is 0 Å². The second kappa shape index (κ2) is 8.83. The van der Waals surface area contributed by atoms with E-state index in [9.17, 15) is 14.4 Å². The van der Waals surface area contributed by atoms with Crippen molar-refractivity contribution < 1.29 is 23.5 Å². The van der Waals surface area contributed by atoms with E-state index < -0.39 is 5.97 Å². The van der Waals surface area contributed by atoms with Gasteiger partial charge in [-0.25, -0.2) is 4.79 Å². The number of esters is 1. The molecule has 0 atom stereocenters. The maximum Gasteiger partial charge on any atom is 0.337 e. The number of benzene rings is 2. The highest BCUT2D eigenvalue weighted by Crippen LogP contribution is 2.34. The normalized spacial score (nSPS) is 15.0. The molecule has 1 aliphatic heterocycles. The summed E-state index contributed by atoms with van der Waals surface area (Å²) in [7, 11) is 1.33. The molecule has 1 aromatic heterocycles. The Balaban J connectivity index is 1.50. The number of imide groups is 1. The molecule has 31 heavy (non-hydrogen) atoms. The van der Waals surface area contributed by atoms with Crippen LogP contribution in [0.15, 0.2) is 70.0 Å². The zero-order chi connectivity index (χ0) is 22.0. The molecule has 0 spiro atoms. The zero-order valence-corrected chi connectivity index (χ0v) is 17.9. The Hall–Kier alpha value is -3.29. The van der Waals surface area contributed by atoms with Crippen LogP contribution >= 0.6 is 23.4 Å². The average molecular weight is 454 g/mol. The van der Waals surface area contributed by atoms with Crippen molar-refractivity contribution in [3.63, 3.8) is 0 Å². The van der Waals surface area contributed by atoms with Crippen LogP contribution in [0.25, 0.3) is 17.4 Å². The molecule has 4 rings (SSSR count). The quantitative estimate of drug-likeness (QED) is 0.368. The Bertz CT molecular complexity index is 1180. The third-order valence-corrected chi connectivity index (χ3v) is 5.78. The third-order valence-electron chi connectivity index (χ3n) is 4.62. The number of hydrogen-bond donors (Lipinski definition) is 0. The van der Waals surface area contributed by atoms with E-state index in [1.54, 1.807) is 66.7 Å². The van der Waals surface area contributed by atoms with Gasteiger partial charge in [-0.2, -0.15) is 0 Å². The maximum atomic E-state index is 12.7. The second-order valence-corrected chi connectivity index (χ2v) is 8.09.